The minimum absolute atomic E-state index is 0.00224. The molecule has 0 bridgehead atoms. The normalized spacial score (nSPS) is 11.0. The maximum Gasteiger partial charge on any atom is 0.305 e. The van der Waals surface area contributed by atoms with Crippen molar-refractivity contribution in [3.05, 3.63) is 0 Å². The predicted molar refractivity (Wildman–Crippen MR) is 86.9 cm³/mol. The highest BCUT2D eigenvalue weighted by atomic mass is 16.5. The largest absolute Gasteiger partial charge is 0.466 e. The molecule has 120 valence electrons. The Morgan fingerprint density at radius 3 is 2.15 bits per heavy atom. The molecule has 0 N–H and O–H groups in total. The summed E-state index contributed by atoms with van der Waals surface area (Å²) in [4.78, 5) is 11.5. The molecule has 0 aliphatic carbocycles. The van der Waals surface area contributed by atoms with E-state index in [-0.39, 0.29) is 5.97 Å². The number of ether oxygens (including phenoxy) is 1. The van der Waals surface area contributed by atoms with Crippen LogP contribution in [-0.4, -0.2) is 12.6 Å². The van der Waals surface area contributed by atoms with Crippen LogP contribution < -0.4 is 0 Å². The van der Waals surface area contributed by atoms with E-state index in [1.807, 2.05) is 0 Å². The molecule has 0 radical (unpaired) electrons. The molecule has 2 nitrogen and oxygen atoms in total. The van der Waals surface area contributed by atoms with Crippen LogP contribution in [0.5, 0.6) is 0 Å². The Labute approximate surface area is 126 Å². The van der Waals surface area contributed by atoms with Gasteiger partial charge in [-0.15, -0.1) is 0 Å². The van der Waals surface area contributed by atoms with Crippen molar-refractivity contribution in [3.63, 3.8) is 0 Å². The van der Waals surface area contributed by atoms with Gasteiger partial charge in [0.1, 0.15) is 0 Å². The first kappa shape index (κ1) is 19.5. The fraction of sp³-hybridized carbons (Fsp3) is 0.944. The highest BCUT2D eigenvalue weighted by Crippen LogP contribution is 2.11. The van der Waals surface area contributed by atoms with Crippen LogP contribution in [0.3, 0.4) is 0 Å². The Kier molecular flexibility index (Phi) is 14.5. The van der Waals surface area contributed by atoms with Crippen LogP contribution in [0.25, 0.3) is 0 Å². The molecule has 0 heterocycles. The van der Waals surface area contributed by atoms with Crippen molar-refractivity contribution in [2.45, 2.75) is 97.8 Å². The number of esters is 1. The average Bonchev–Trinajstić information content (AvgIpc) is 2.41. The van der Waals surface area contributed by atoms with Crippen molar-refractivity contribution in [3.8, 4) is 0 Å². The molecule has 20 heavy (non-hydrogen) atoms. The molecule has 0 aromatic carbocycles. The van der Waals surface area contributed by atoms with Gasteiger partial charge in [0.25, 0.3) is 0 Å². The van der Waals surface area contributed by atoms with E-state index in [1.165, 1.54) is 57.8 Å². The van der Waals surface area contributed by atoms with Crippen molar-refractivity contribution in [2.75, 3.05) is 6.61 Å². The minimum atomic E-state index is 0.00224. The highest BCUT2D eigenvalue weighted by Gasteiger charge is 2.02. The number of carbonyl (C=O) groups excluding carboxylic acids is 1. The van der Waals surface area contributed by atoms with E-state index in [0.717, 1.165) is 18.8 Å². The summed E-state index contributed by atoms with van der Waals surface area (Å²) < 4.78 is 5.25. The van der Waals surface area contributed by atoms with Gasteiger partial charge in [0, 0.05) is 6.42 Å². The maximum atomic E-state index is 11.5. The van der Waals surface area contributed by atoms with Crippen LogP contribution >= 0.6 is 0 Å². The van der Waals surface area contributed by atoms with Gasteiger partial charge in [-0.3, -0.25) is 4.79 Å². The molecule has 0 unspecified atom stereocenters. The number of carbonyl (C=O) groups is 1. The lowest BCUT2D eigenvalue weighted by molar-refractivity contribution is -0.143. The van der Waals surface area contributed by atoms with E-state index in [9.17, 15) is 4.79 Å². The standard InChI is InChI=1S/C18H36O2/c1-4-5-6-7-10-13-16-20-18(19)15-12-9-8-11-14-17(2)3/h17H,4-16H2,1-3H3. The second kappa shape index (κ2) is 14.9. The molecule has 0 aromatic rings. The summed E-state index contributed by atoms with van der Waals surface area (Å²) >= 11 is 0. The number of hydrogen-bond acceptors (Lipinski definition) is 2. The Bertz CT molecular complexity index is 211. The number of rotatable bonds is 14. The Balaban J connectivity index is 3.17. The van der Waals surface area contributed by atoms with Gasteiger partial charge in [0.15, 0.2) is 0 Å². The molecule has 0 rings (SSSR count). The van der Waals surface area contributed by atoms with Gasteiger partial charge in [-0.25, -0.2) is 0 Å². The Morgan fingerprint density at radius 1 is 0.850 bits per heavy atom. The zero-order chi connectivity index (χ0) is 15.1. The molecule has 0 saturated heterocycles. The summed E-state index contributed by atoms with van der Waals surface area (Å²) in [5, 5.41) is 0. The van der Waals surface area contributed by atoms with E-state index in [0.29, 0.717) is 13.0 Å². The zero-order valence-corrected chi connectivity index (χ0v) is 14.1. The number of hydrogen-bond donors (Lipinski definition) is 0. The van der Waals surface area contributed by atoms with Gasteiger partial charge in [-0.2, -0.15) is 0 Å². The van der Waals surface area contributed by atoms with E-state index in [2.05, 4.69) is 20.8 Å². The second-order valence-corrected chi connectivity index (χ2v) is 6.33. The summed E-state index contributed by atoms with van der Waals surface area (Å²) in [7, 11) is 0. The molecule has 0 amide bonds. The van der Waals surface area contributed by atoms with Gasteiger partial charge < -0.3 is 4.74 Å². The second-order valence-electron chi connectivity index (χ2n) is 6.33. The van der Waals surface area contributed by atoms with E-state index < -0.39 is 0 Å². The lowest BCUT2D eigenvalue weighted by Gasteiger charge is -2.06. The lowest BCUT2D eigenvalue weighted by Crippen LogP contribution is -2.05. The van der Waals surface area contributed by atoms with Gasteiger partial charge in [0.2, 0.25) is 0 Å². The monoisotopic (exact) mass is 284 g/mol. The van der Waals surface area contributed by atoms with Crippen molar-refractivity contribution >= 4 is 5.97 Å². The minimum Gasteiger partial charge on any atom is -0.466 e. The first-order valence-corrected chi connectivity index (χ1v) is 8.82. The predicted octanol–water partition coefficient (Wildman–Crippen LogP) is 5.89. The Morgan fingerprint density at radius 2 is 1.45 bits per heavy atom. The van der Waals surface area contributed by atoms with Crippen molar-refractivity contribution in [2.24, 2.45) is 5.92 Å². The summed E-state index contributed by atoms with van der Waals surface area (Å²) in [6.07, 6.45) is 14.1. The summed E-state index contributed by atoms with van der Waals surface area (Å²) in [6, 6.07) is 0. The fourth-order valence-corrected chi connectivity index (χ4v) is 2.32. The molecule has 0 atom stereocenters. The van der Waals surface area contributed by atoms with Crippen LogP contribution in [0.4, 0.5) is 0 Å². The third-order valence-corrected chi connectivity index (χ3v) is 3.67. The third kappa shape index (κ3) is 15.5. The molecular formula is C18H36O2. The lowest BCUT2D eigenvalue weighted by atomic mass is 10.0. The van der Waals surface area contributed by atoms with Crippen LogP contribution in [0.15, 0.2) is 0 Å². The van der Waals surface area contributed by atoms with Crippen molar-refractivity contribution in [1.82, 2.24) is 0 Å². The van der Waals surface area contributed by atoms with E-state index in [1.54, 1.807) is 0 Å². The molecule has 0 fully saturated rings. The van der Waals surface area contributed by atoms with Crippen molar-refractivity contribution in [1.29, 1.82) is 0 Å². The van der Waals surface area contributed by atoms with Gasteiger partial charge in [0.05, 0.1) is 6.61 Å². The van der Waals surface area contributed by atoms with Crippen molar-refractivity contribution < 1.29 is 9.53 Å². The van der Waals surface area contributed by atoms with Crippen LogP contribution in [0, 0.1) is 5.92 Å². The summed E-state index contributed by atoms with van der Waals surface area (Å²) in [5.74, 6) is 0.805. The average molecular weight is 284 g/mol. The van der Waals surface area contributed by atoms with Gasteiger partial charge in [-0.05, 0) is 18.8 Å². The smallest absolute Gasteiger partial charge is 0.305 e. The summed E-state index contributed by atoms with van der Waals surface area (Å²) in [6.45, 7) is 7.38. The maximum absolute atomic E-state index is 11.5. The molecule has 0 saturated carbocycles. The molecule has 0 spiro atoms. The topological polar surface area (TPSA) is 26.3 Å². The highest BCUT2D eigenvalue weighted by molar-refractivity contribution is 5.69. The third-order valence-electron chi connectivity index (χ3n) is 3.67. The molecule has 2 heteroatoms. The first-order chi connectivity index (χ1) is 9.66. The SMILES string of the molecule is CCCCCCCCOC(=O)CCCCCCC(C)C. The molecule has 0 aromatic heterocycles. The molecule has 0 aliphatic rings. The van der Waals surface area contributed by atoms with Crippen LogP contribution in [0.1, 0.15) is 97.8 Å². The molecule has 0 aliphatic heterocycles. The van der Waals surface area contributed by atoms with E-state index >= 15 is 0 Å². The van der Waals surface area contributed by atoms with Crippen LogP contribution in [0.2, 0.25) is 0 Å². The summed E-state index contributed by atoms with van der Waals surface area (Å²) in [5.41, 5.74) is 0. The first-order valence-electron chi connectivity index (χ1n) is 8.82. The Hall–Kier alpha value is -0.530. The van der Waals surface area contributed by atoms with Crippen LogP contribution in [-0.2, 0) is 9.53 Å². The zero-order valence-electron chi connectivity index (χ0n) is 14.1. The molecular weight excluding hydrogens is 248 g/mol. The fourth-order valence-electron chi connectivity index (χ4n) is 2.32. The number of unbranched alkanes of at least 4 members (excludes halogenated alkanes) is 8. The van der Waals surface area contributed by atoms with Gasteiger partial charge >= 0.3 is 5.97 Å². The van der Waals surface area contributed by atoms with Gasteiger partial charge in [-0.1, -0.05) is 78.6 Å². The van der Waals surface area contributed by atoms with E-state index in [4.69, 9.17) is 4.74 Å². The quantitative estimate of drug-likeness (QED) is 0.294.